The lowest BCUT2D eigenvalue weighted by Crippen LogP contribution is -2.44. The molecule has 0 aromatic rings. The Morgan fingerprint density at radius 3 is 2.46 bits per heavy atom. The standard InChI is InChI=1S/C10H16O3/c1-9(2,3)13-8(11)10-4-7(5-10)12-6-10/h7H,4-6H2,1-3H3. The van der Waals surface area contributed by atoms with E-state index in [4.69, 9.17) is 9.47 Å². The van der Waals surface area contributed by atoms with E-state index in [1.165, 1.54) is 0 Å². The molecule has 0 spiro atoms. The Labute approximate surface area is 78.4 Å². The zero-order chi connectivity index (χ0) is 9.69. The molecular weight excluding hydrogens is 168 g/mol. The SMILES string of the molecule is CC(C)(C)OC(=O)C12COC(C1)C2. The van der Waals surface area contributed by atoms with E-state index in [9.17, 15) is 4.79 Å². The number of hydrogen-bond donors (Lipinski definition) is 0. The van der Waals surface area contributed by atoms with Gasteiger partial charge in [0, 0.05) is 0 Å². The van der Waals surface area contributed by atoms with Crippen LogP contribution in [-0.2, 0) is 14.3 Å². The van der Waals surface area contributed by atoms with Crippen LogP contribution in [0.1, 0.15) is 33.6 Å². The molecule has 0 unspecified atom stereocenters. The molecule has 1 aliphatic carbocycles. The van der Waals surface area contributed by atoms with Crippen molar-refractivity contribution in [3.8, 4) is 0 Å². The van der Waals surface area contributed by atoms with Gasteiger partial charge in [-0.15, -0.1) is 0 Å². The number of carbonyl (C=O) groups is 1. The van der Waals surface area contributed by atoms with E-state index >= 15 is 0 Å². The minimum Gasteiger partial charge on any atom is -0.459 e. The molecular formula is C10H16O3. The van der Waals surface area contributed by atoms with Crippen molar-refractivity contribution in [1.29, 1.82) is 0 Å². The second-order valence-corrected chi connectivity index (χ2v) is 5.12. The van der Waals surface area contributed by atoms with Crippen molar-refractivity contribution in [1.82, 2.24) is 0 Å². The van der Waals surface area contributed by atoms with Crippen molar-refractivity contribution in [2.45, 2.75) is 45.3 Å². The average molecular weight is 184 g/mol. The van der Waals surface area contributed by atoms with E-state index in [2.05, 4.69) is 0 Å². The molecule has 0 N–H and O–H groups in total. The van der Waals surface area contributed by atoms with Crippen molar-refractivity contribution >= 4 is 5.97 Å². The van der Waals surface area contributed by atoms with Crippen molar-refractivity contribution in [3.63, 3.8) is 0 Å². The summed E-state index contributed by atoms with van der Waals surface area (Å²) < 4.78 is 10.7. The van der Waals surface area contributed by atoms with Gasteiger partial charge < -0.3 is 9.47 Å². The van der Waals surface area contributed by atoms with Gasteiger partial charge in [0.25, 0.3) is 0 Å². The number of fused-ring (bicyclic) bond motifs is 1. The Bertz CT molecular complexity index is 228. The van der Waals surface area contributed by atoms with Crippen LogP contribution in [0.5, 0.6) is 0 Å². The average Bonchev–Trinajstić information content (AvgIpc) is 2.35. The summed E-state index contributed by atoms with van der Waals surface area (Å²) in [7, 11) is 0. The highest BCUT2D eigenvalue weighted by Gasteiger charge is 2.58. The third kappa shape index (κ3) is 1.46. The van der Waals surface area contributed by atoms with Gasteiger partial charge in [0.15, 0.2) is 0 Å². The summed E-state index contributed by atoms with van der Waals surface area (Å²) >= 11 is 0. The van der Waals surface area contributed by atoms with E-state index < -0.39 is 0 Å². The van der Waals surface area contributed by atoms with Crippen LogP contribution in [-0.4, -0.2) is 24.3 Å². The minimum absolute atomic E-state index is 0.0752. The van der Waals surface area contributed by atoms with Crippen molar-refractivity contribution in [2.75, 3.05) is 6.61 Å². The third-order valence-corrected chi connectivity index (χ3v) is 2.66. The molecule has 3 heteroatoms. The van der Waals surface area contributed by atoms with Crippen LogP contribution in [0, 0.1) is 5.41 Å². The van der Waals surface area contributed by atoms with Gasteiger partial charge in [-0.05, 0) is 33.6 Å². The van der Waals surface area contributed by atoms with Gasteiger partial charge in [0.2, 0.25) is 0 Å². The Morgan fingerprint density at radius 2 is 2.08 bits per heavy atom. The summed E-state index contributed by atoms with van der Waals surface area (Å²) in [6.45, 7) is 6.25. The molecule has 2 aliphatic heterocycles. The van der Waals surface area contributed by atoms with Gasteiger partial charge in [-0.3, -0.25) is 4.79 Å². The van der Waals surface area contributed by atoms with Crippen LogP contribution in [0.15, 0.2) is 0 Å². The number of ether oxygens (including phenoxy) is 2. The first-order valence-corrected chi connectivity index (χ1v) is 4.76. The third-order valence-electron chi connectivity index (χ3n) is 2.66. The van der Waals surface area contributed by atoms with E-state index in [0.29, 0.717) is 12.7 Å². The molecule has 0 aromatic carbocycles. The topological polar surface area (TPSA) is 35.5 Å². The number of rotatable bonds is 1. The fourth-order valence-electron chi connectivity index (χ4n) is 1.94. The van der Waals surface area contributed by atoms with Crippen molar-refractivity contribution in [3.05, 3.63) is 0 Å². The molecule has 0 amide bonds. The maximum Gasteiger partial charge on any atom is 0.315 e. The fraction of sp³-hybridized carbons (Fsp3) is 0.900. The summed E-state index contributed by atoms with van der Waals surface area (Å²) in [4.78, 5) is 11.7. The van der Waals surface area contributed by atoms with Crippen LogP contribution in [0.25, 0.3) is 0 Å². The molecule has 74 valence electrons. The molecule has 2 heterocycles. The predicted molar refractivity (Wildman–Crippen MR) is 47.3 cm³/mol. The van der Waals surface area contributed by atoms with Crippen molar-refractivity contribution < 1.29 is 14.3 Å². The Hall–Kier alpha value is -0.570. The number of carbonyl (C=O) groups excluding carboxylic acids is 1. The highest BCUT2D eigenvalue weighted by atomic mass is 16.6. The lowest BCUT2D eigenvalue weighted by molar-refractivity contribution is -0.169. The van der Waals surface area contributed by atoms with Gasteiger partial charge in [-0.25, -0.2) is 0 Å². The summed E-state index contributed by atoms with van der Waals surface area (Å²) in [5, 5.41) is 0. The van der Waals surface area contributed by atoms with Gasteiger partial charge in [0.05, 0.1) is 18.1 Å². The zero-order valence-electron chi connectivity index (χ0n) is 8.42. The van der Waals surface area contributed by atoms with Crippen LogP contribution in [0.4, 0.5) is 0 Å². The molecule has 3 rings (SSSR count). The monoisotopic (exact) mass is 184 g/mol. The smallest absolute Gasteiger partial charge is 0.315 e. The first-order valence-electron chi connectivity index (χ1n) is 4.76. The molecule has 3 fully saturated rings. The lowest BCUT2D eigenvalue weighted by Gasteiger charge is -2.35. The summed E-state index contributed by atoms with van der Waals surface area (Å²) in [5.41, 5.74) is -0.655. The Balaban J connectivity index is 1.98. The molecule has 2 bridgehead atoms. The van der Waals surface area contributed by atoms with E-state index in [0.717, 1.165) is 12.8 Å². The van der Waals surface area contributed by atoms with Crippen LogP contribution in [0.3, 0.4) is 0 Å². The molecule has 0 atom stereocenters. The van der Waals surface area contributed by atoms with Crippen LogP contribution in [0.2, 0.25) is 0 Å². The van der Waals surface area contributed by atoms with Crippen LogP contribution < -0.4 is 0 Å². The number of esters is 1. The van der Waals surface area contributed by atoms with Crippen LogP contribution >= 0.6 is 0 Å². The highest BCUT2D eigenvalue weighted by Crippen LogP contribution is 2.51. The summed E-state index contributed by atoms with van der Waals surface area (Å²) in [6, 6.07) is 0. The maximum absolute atomic E-state index is 11.7. The highest BCUT2D eigenvalue weighted by molar-refractivity contribution is 5.79. The second-order valence-electron chi connectivity index (χ2n) is 5.12. The van der Waals surface area contributed by atoms with Gasteiger partial charge in [-0.1, -0.05) is 0 Å². The van der Waals surface area contributed by atoms with Crippen molar-refractivity contribution in [2.24, 2.45) is 5.41 Å². The first kappa shape index (κ1) is 9.00. The first-order chi connectivity index (χ1) is 5.91. The summed E-state index contributed by atoms with van der Waals surface area (Å²) in [5.74, 6) is -0.0752. The molecule has 1 saturated carbocycles. The van der Waals surface area contributed by atoms with E-state index in [-0.39, 0.29) is 17.0 Å². The second kappa shape index (κ2) is 2.47. The predicted octanol–water partition coefficient (Wildman–Crippen LogP) is 1.51. The fourth-order valence-corrected chi connectivity index (χ4v) is 1.94. The Kier molecular flexibility index (Phi) is 1.71. The van der Waals surface area contributed by atoms with Gasteiger partial charge in [0.1, 0.15) is 5.60 Å². The normalized spacial score (nSPS) is 37.0. The van der Waals surface area contributed by atoms with E-state index in [1.54, 1.807) is 0 Å². The largest absolute Gasteiger partial charge is 0.459 e. The molecule has 0 aromatic heterocycles. The molecule has 3 nitrogen and oxygen atoms in total. The number of hydrogen-bond acceptors (Lipinski definition) is 3. The zero-order valence-corrected chi connectivity index (χ0v) is 8.42. The van der Waals surface area contributed by atoms with E-state index in [1.807, 2.05) is 20.8 Å². The minimum atomic E-state index is -0.375. The molecule has 2 saturated heterocycles. The lowest BCUT2D eigenvalue weighted by atomic mass is 9.70. The van der Waals surface area contributed by atoms with Gasteiger partial charge in [-0.2, -0.15) is 0 Å². The maximum atomic E-state index is 11.7. The van der Waals surface area contributed by atoms with Gasteiger partial charge >= 0.3 is 5.97 Å². The Morgan fingerprint density at radius 1 is 1.46 bits per heavy atom. The summed E-state index contributed by atoms with van der Waals surface area (Å²) in [6.07, 6.45) is 2.05. The molecule has 0 radical (unpaired) electrons. The molecule has 13 heavy (non-hydrogen) atoms. The molecule has 3 aliphatic rings. The quantitative estimate of drug-likeness (QED) is 0.579.